The van der Waals surface area contributed by atoms with Gasteiger partial charge in [0.1, 0.15) is 12.4 Å². The second-order valence-electron chi connectivity index (χ2n) is 5.85. The predicted molar refractivity (Wildman–Crippen MR) is 84.7 cm³/mol. The Hall–Kier alpha value is -1.27. The van der Waals surface area contributed by atoms with Crippen LogP contribution in [-0.4, -0.2) is 38.2 Å². The highest BCUT2D eigenvalue weighted by atomic mass is 32.2. The third kappa shape index (κ3) is 4.11. The molecule has 21 heavy (non-hydrogen) atoms. The van der Waals surface area contributed by atoms with Crippen molar-refractivity contribution >= 4 is 15.7 Å². The highest BCUT2D eigenvalue weighted by Crippen LogP contribution is 2.26. The number of nitrogen functional groups attached to an aromatic ring is 1. The van der Waals surface area contributed by atoms with E-state index in [9.17, 15) is 8.42 Å². The molecule has 2 N–H and O–H groups in total. The summed E-state index contributed by atoms with van der Waals surface area (Å²) in [6.07, 6.45) is 0.948. The van der Waals surface area contributed by atoms with E-state index in [1.54, 1.807) is 16.4 Å². The summed E-state index contributed by atoms with van der Waals surface area (Å²) >= 11 is 0. The first-order chi connectivity index (χ1) is 9.90. The van der Waals surface area contributed by atoms with Crippen LogP contribution in [0.4, 0.5) is 5.69 Å². The molecular formula is C15H24N2O3S. The Kier molecular flexibility index (Phi) is 5.11. The fourth-order valence-electron chi connectivity index (χ4n) is 2.55. The second-order valence-corrected chi connectivity index (χ2v) is 7.94. The first-order valence-corrected chi connectivity index (χ1v) is 8.96. The van der Waals surface area contributed by atoms with Crippen LogP contribution in [0.3, 0.4) is 0 Å². The minimum absolute atomic E-state index is 0.00779. The summed E-state index contributed by atoms with van der Waals surface area (Å²) in [6.45, 7) is 5.66. The van der Waals surface area contributed by atoms with Gasteiger partial charge in [0.25, 0.3) is 0 Å². The number of hydrogen-bond acceptors (Lipinski definition) is 4. The molecule has 0 aromatic heterocycles. The van der Waals surface area contributed by atoms with Gasteiger partial charge in [-0.05, 0) is 30.4 Å². The average Bonchev–Trinajstić information content (AvgIpc) is 2.91. The van der Waals surface area contributed by atoms with Gasteiger partial charge in [-0.1, -0.05) is 26.0 Å². The topological polar surface area (TPSA) is 72.6 Å². The maximum absolute atomic E-state index is 12.3. The molecule has 0 amide bonds. The van der Waals surface area contributed by atoms with Crippen molar-refractivity contribution in [2.75, 3.05) is 31.2 Å². The molecule has 1 saturated heterocycles. The van der Waals surface area contributed by atoms with Crippen molar-refractivity contribution in [3.05, 3.63) is 24.3 Å². The SMILES string of the molecule is CC(C)C1CCN(S(=O)(=O)CCOc2ccccc2N)C1. The standard InChI is InChI=1S/C15H24N2O3S/c1-12(2)13-7-8-17(11-13)21(18,19)10-9-20-15-6-4-3-5-14(15)16/h3-6,12-13H,7-11,16H2,1-2H3. The van der Waals surface area contributed by atoms with Crippen molar-refractivity contribution in [2.24, 2.45) is 11.8 Å². The van der Waals surface area contributed by atoms with Gasteiger partial charge < -0.3 is 10.5 Å². The van der Waals surface area contributed by atoms with Gasteiger partial charge in [-0.25, -0.2) is 12.7 Å². The van der Waals surface area contributed by atoms with Crippen LogP contribution < -0.4 is 10.5 Å². The van der Waals surface area contributed by atoms with Gasteiger partial charge in [-0.3, -0.25) is 0 Å². The molecule has 1 aromatic rings. The van der Waals surface area contributed by atoms with E-state index in [0.717, 1.165) is 6.42 Å². The summed E-state index contributed by atoms with van der Waals surface area (Å²) in [6, 6.07) is 7.10. The van der Waals surface area contributed by atoms with Crippen molar-refractivity contribution in [2.45, 2.75) is 20.3 Å². The van der Waals surface area contributed by atoms with E-state index in [4.69, 9.17) is 10.5 Å². The first-order valence-electron chi connectivity index (χ1n) is 7.35. The van der Waals surface area contributed by atoms with E-state index in [0.29, 0.717) is 36.4 Å². The highest BCUT2D eigenvalue weighted by Gasteiger charge is 2.32. The number of nitrogens with two attached hydrogens (primary N) is 1. The molecule has 0 saturated carbocycles. The zero-order chi connectivity index (χ0) is 15.5. The zero-order valence-corrected chi connectivity index (χ0v) is 13.5. The van der Waals surface area contributed by atoms with Crippen molar-refractivity contribution in [3.8, 4) is 5.75 Å². The van der Waals surface area contributed by atoms with Crippen LogP contribution in [0.1, 0.15) is 20.3 Å². The molecule has 1 fully saturated rings. The lowest BCUT2D eigenvalue weighted by atomic mass is 9.96. The van der Waals surface area contributed by atoms with Gasteiger partial charge in [-0.15, -0.1) is 0 Å². The molecule has 6 heteroatoms. The van der Waals surface area contributed by atoms with Gasteiger partial charge in [0.15, 0.2) is 0 Å². The molecule has 1 aromatic carbocycles. The van der Waals surface area contributed by atoms with E-state index in [-0.39, 0.29) is 12.4 Å². The number of sulfonamides is 1. The molecular weight excluding hydrogens is 288 g/mol. The molecule has 1 aliphatic rings. The number of anilines is 1. The molecule has 1 unspecified atom stereocenters. The van der Waals surface area contributed by atoms with E-state index >= 15 is 0 Å². The third-order valence-corrected chi connectivity index (χ3v) is 5.84. The molecule has 2 rings (SSSR count). The maximum Gasteiger partial charge on any atom is 0.217 e. The Balaban J connectivity index is 1.86. The van der Waals surface area contributed by atoms with Crippen molar-refractivity contribution in [1.29, 1.82) is 0 Å². The summed E-state index contributed by atoms with van der Waals surface area (Å²) < 4.78 is 31.6. The molecule has 118 valence electrons. The Morgan fingerprint density at radius 3 is 2.71 bits per heavy atom. The van der Waals surface area contributed by atoms with E-state index in [1.807, 2.05) is 12.1 Å². The van der Waals surface area contributed by atoms with Gasteiger partial charge >= 0.3 is 0 Å². The first kappa shape index (κ1) is 16.1. The Morgan fingerprint density at radius 2 is 2.10 bits per heavy atom. The van der Waals surface area contributed by atoms with E-state index in [2.05, 4.69) is 13.8 Å². The van der Waals surface area contributed by atoms with Crippen LogP contribution >= 0.6 is 0 Å². The van der Waals surface area contributed by atoms with Gasteiger partial charge in [0, 0.05) is 13.1 Å². The summed E-state index contributed by atoms with van der Waals surface area (Å²) in [5.41, 5.74) is 6.28. The van der Waals surface area contributed by atoms with Gasteiger partial charge in [-0.2, -0.15) is 0 Å². The van der Waals surface area contributed by atoms with Gasteiger partial charge in [0.2, 0.25) is 10.0 Å². The summed E-state index contributed by atoms with van der Waals surface area (Å²) in [7, 11) is -3.24. The number of rotatable bonds is 6. The minimum Gasteiger partial charge on any atom is -0.490 e. The number of benzene rings is 1. The molecule has 0 bridgehead atoms. The number of hydrogen-bond donors (Lipinski definition) is 1. The van der Waals surface area contributed by atoms with Crippen LogP contribution in [0.15, 0.2) is 24.3 Å². The monoisotopic (exact) mass is 312 g/mol. The molecule has 0 aliphatic carbocycles. The van der Waals surface area contributed by atoms with Crippen molar-refractivity contribution < 1.29 is 13.2 Å². The van der Waals surface area contributed by atoms with E-state index in [1.165, 1.54) is 0 Å². The quantitative estimate of drug-likeness (QED) is 0.815. The van der Waals surface area contributed by atoms with Crippen LogP contribution in [0.5, 0.6) is 5.75 Å². The lowest BCUT2D eigenvalue weighted by Crippen LogP contribution is -2.33. The average molecular weight is 312 g/mol. The van der Waals surface area contributed by atoms with Gasteiger partial charge in [0.05, 0.1) is 11.4 Å². The Morgan fingerprint density at radius 1 is 1.38 bits per heavy atom. The molecule has 1 atom stereocenters. The largest absolute Gasteiger partial charge is 0.490 e. The molecule has 1 heterocycles. The van der Waals surface area contributed by atoms with Crippen LogP contribution in [0, 0.1) is 11.8 Å². The van der Waals surface area contributed by atoms with Crippen LogP contribution in [0.25, 0.3) is 0 Å². The van der Waals surface area contributed by atoms with Crippen molar-refractivity contribution in [1.82, 2.24) is 4.31 Å². The fraction of sp³-hybridized carbons (Fsp3) is 0.600. The Bertz CT molecular complexity index is 572. The molecule has 0 radical (unpaired) electrons. The summed E-state index contributed by atoms with van der Waals surface area (Å²) in [5.74, 6) is 1.51. The number of ether oxygens (including phenoxy) is 1. The maximum atomic E-state index is 12.3. The van der Waals surface area contributed by atoms with Crippen LogP contribution in [-0.2, 0) is 10.0 Å². The summed E-state index contributed by atoms with van der Waals surface area (Å²) in [4.78, 5) is 0. The zero-order valence-electron chi connectivity index (χ0n) is 12.7. The third-order valence-electron chi connectivity index (χ3n) is 4.04. The predicted octanol–water partition coefficient (Wildman–Crippen LogP) is 1.96. The summed E-state index contributed by atoms with van der Waals surface area (Å²) in [5, 5.41) is 0. The second kappa shape index (κ2) is 6.66. The normalized spacial score (nSPS) is 20.0. The number of nitrogens with zero attached hydrogens (tertiary/aromatic N) is 1. The minimum atomic E-state index is -3.24. The molecule has 5 nitrogen and oxygen atoms in total. The molecule has 1 aliphatic heterocycles. The fourth-order valence-corrected chi connectivity index (χ4v) is 3.90. The Labute approximate surface area is 127 Å². The van der Waals surface area contributed by atoms with Crippen LogP contribution in [0.2, 0.25) is 0 Å². The van der Waals surface area contributed by atoms with E-state index < -0.39 is 10.0 Å². The molecule has 0 spiro atoms. The smallest absolute Gasteiger partial charge is 0.217 e. The lowest BCUT2D eigenvalue weighted by Gasteiger charge is -2.18. The number of para-hydroxylation sites is 2. The highest BCUT2D eigenvalue weighted by molar-refractivity contribution is 7.89. The lowest BCUT2D eigenvalue weighted by molar-refractivity contribution is 0.336. The van der Waals surface area contributed by atoms with Crippen molar-refractivity contribution in [3.63, 3.8) is 0 Å².